The van der Waals surface area contributed by atoms with E-state index in [-0.39, 0.29) is 5.91 Å². The number of aromatic nitrogens is 4. The number of benzene rings is 1. The van der Waals surface area contributed by atoms with Gasteiger partial charge >= 0.3 is 0 Å². The molecule has 0 unspecified atom stereocenters. The summed E-state index contributed by atoms with van der Waals surface area (Å²) in [7, 11) is 1.84. The van der Waals surface area contributed by atoms with Crippen molar-refractivity contribution >= 4 is 28.7 Å². The molecule has 3 aromatic heterocycles. The molecule has 0 atom stereocenters. The molecule has 4 aromatic rings. The Balaban J connectivity index is 1.48. The van der Waals surface area contributed by atoms with Crippen LogP contribution in [-0.2, 0) is 13.6 Å². The van der Waals surface area contributed by atoms with Crippen molar-refractivity contribution in [2.45, 2.75) is 6.54 Å². The van der Waals surface area contributed by atoms with Gasteiger partial charge in [-0.3, -0.25) is 9.48 Å². The molecule has 0 spiro atoms. The predicted molar refractivity (Wildman–Crippen MR) is 89.5 cm³/mol. The van der Waals surface area contributed by atoms with E-state index in [4.69, 9.17) is 4.42 Å². The standard InChI is InChI=1S/C16H13N5O2S/c1-21-14(15-3-2-6-23-15)8-11(18-21)9-17-16(22)10-4-5-12-13(7-10)20-24-19-12/h2-8H,9H2,1H3,(H,17,22). The molecule has 0 aliphatic heterocycles. The molecule has 3 heterocycles. The number of nitrogens with zero attached hydrogens (tertiary/aromatic N) is 4. The Morgan fingerprint density at radius 1 is 1.25 bits per heavy atom. The molecular weight excluding hydrogens is 326 g/mol. The summed E-state index contributed by atoms with van der Waals surface area (Å²) < 4.78 is 15.4. The summed E-state index contributed by atoms with van der Waals surface area (Å²) in [5.41, 5.74) is 3.69. The molecular formula is C16H13N5O2S. The number of furan rings is 1. The van der Waals surface area contributed by atoms with E-state index >= 15 is 0 Å². The summed E-state index contributed by atoms with van der Waals surface area (Å²) in [5.74, 6) is 0.569. The first-order valence-electron chi connectivity index (χ1n) is 7.28. The highest BCUT2D eigenvalue weighted by Crippen LogP contribution is 2.20. The molecule has 1 aromatic carbocycles. The van der Waals surface area contributed by atoms with E-state index in [1.165, 1.54) is 0 Å². The molecule has 8 heteroatoms. The first-order chi connectivity index (χ1) is 11.7. The second kappa shape index (κ2) is 5.89. The highest BCUT2D eigenvalue weighted by atomic mass is 32.1. The van der Waals surface area contributed by atoms with Crippen LogP contribution in [0.3, 0.4) is 0 Å². The second-order valence-corrected chi connectivity index (χ2v) is 5.80. The lowest BCUT2D eigenvalue weighted by Crippen LogP contribution is -2.23. The van der Waals surface area contributed by atoms with Crippen LogP contribution in [0.2, 0.25) is 0 Å². The number of fused-ring (bicyclic) bond motifs is 1. The van der Waals surface area contributed by atoms with E-state index in [0.29, 0.717) is 12.1 Å². The van der Waals surface area contributed by atoms with E-state index in [0.717, 1.165) is 39.9 Å². The lowest BCUT2D eigenvalue weighted by molar-refractivity contribution is 0.0950. The van der Waals surface area contributed by atoms with E-state index in [1.54, 1.807) is 29.1 Å². The Kier molecular flexibility index (Phi) is 3.58. The second-order valence-electron chi connectivity index (χ2n) is 5.27. The van der Waals surface area contributed by atoms with Crippen LogP contribution < -0.4 is 5.32 Å². The smallest absolute Gasteiger partial charge is 0.251 e. The van der Waals surface area contributed by atoms with Crippen LogP contribution in [0.4, 0.5) is 0 Å². The maximum atomic E-state index is 12.3. The molecule has 0 saturated carbocycles. The first kappa shape index (κ1) is 14.6. The summed E-state index contributed by atoms with van der Waals surface area (Å²) >= 11 is 1.13. The van der Waals surface area contributed by atoms with Crippen molar-refractivity contribution < 1.29 is 9.21 Å². The van der Waals surface area contributed by atoms with Crippen LogP contribution in [0.25, 0.3) is 22.5 Å². The number of hydrogen-bond donors (Lipinski definition) is 1. The predicted octanol–water partition coefficient (Wildman–Crippen LogP) is 2.61. The zero-order chi connectivity index (χ0) is 16.5. The SMILES string of the molecule is Cn1nc(CNC(=O)c2ccc3nsnc3c2)cc1-c1ccco1. The van der Waals surface area contributed by atoms with Crippen molar-refractivity contribution in [1.82, 2.24) is 23.8 Å². The van der Waals surface area contributed by atoms with Gasteiger partial charge in [-0.2, -0.15) is 13.8 Å². The Morgan fingerprint density at radius 3 is 2.96 bits per heavy atom. The molecule has 0 aliphatic rings. The zero-order valence-electron chi connectivity index (χ0n) is 12.8. The van der Waals surface area contributed by atoms with Crippen molar-refractivity contribution in [1.29, 1.82) is 0 Å². The summed E-state index contributed by atoms with van der Waals surface area (Å²) in [6.07, 6.45) is 1.62. The van der Waals surface area contributed by atoms with Crippen LogP contribution in [0.15, 0.2) is 47.1 Å². The van der Waals surface area contributed by atoms with Gasteiger partial charge in [0.2, 0.25) is 0 Å². The maximum Gasteiger partial charge on any atom is 0.251 e. The molecule has 0 radical (unpaired) electrons. The van der Waals surface area contributed by atoms with Gasteiger partial charge in [0.25, 0.3) is 5.91 Å². The fourth-order valence-electron chi connectivity index (χ4n) is 2.46. The van der Waals surface area contributed by atoms with Crippen molar-refractivity contribution in [3.63, 3.8) is 0 Å². The summed E-state index contributed by atoms with van der Waals surface area (Å²) in [4.78, 5) is 12.3. The summed E-state index contributed by atoms with van der Waals surface area (Å²) in [6, 6.07) is 10.9. The van der Waals surface area contributed by atoms with E-state index in [9.17, 15) is 4.79 Å². The number of hydrogen-bond acceptors (Lipinski definition) is 6. The zero-order valence-corrected chi connectivity index (χ0v) is 13.6. The van der Waals surface area contributed by atoms with Crippen LogP contribution in [-0.4, -0.2) is 24.4 Å². The van der Waals surface area contributed by atoms with Crippen molar-refractivity contribution in [2.24, 2.45) is 7.05 Å². The molecule has 24 heavy (non-hydrogen) atoms. The van der Waals surface area contributed by atoms with Gasteiger partial charge in [-0.05, 0) is 36.4 Å². The molecule has 1 N–H and O–H groups in total. The summed E-state index contributed by atoms with van der Waals surface area (Å²) in [6.45, 7) is 0.334. The number of carbonyl (C=O) groups is 1. The normalized spacial score (nSPS) is 11.0. The average Bonchev–Trinajstić information content (AvgIpc) is 3.32. The lowest BCUT2D eigenvalue weighted by Gasteiger charge is -2.02. The van der Waals surface area contributed by atoms with Gasteiger partial charge in [0, 0.05) is 12.6 Å². The number of aryl methyl sites for hydroxylation is 1. The minimum absolute atomic E-state index is 0.171. The molecule has 0 fully saturated rings. The minimum atomic E-state index is -0.171. The monoisotopic (exact) mass is 339 g/mol. The number of nitrogens with one attached hydrogen (secondary N) is 1. The van der Waals surface area contributed by atoms with Gasteiger partial charge in [0.1, 0.15) is 16.7 Å². The molecule has 0 aliphatic carbocycles. The van der Waals surface area contributed by atoms with Gasteiger partial charge in [0.15, 0.2) is 5.76 Å². The third-order valence-corrected chi connectivity index (χ3v) is 4.21. The molecule has 7 nitrogen and oxygen atoms in total. The van der Waals surface area contributed by atoms with Gasteiger partial charge in [-0.25, -0.2) is 0 Å². The van der Waals surface area contributed by atoms with Crippen molar-refractivity contribution in [3.05, 3.63) is 53.9 Å². The van der Waals surface area contributed by atoms with E-state index < -0.39 is 0 Å². The largest absolute Gasteiger partial charge is 0.463 e. The Labute approximate surface area is 141 Å². The van der Waals surface area contributed by atoms with Crippen molar-refractivity contribution in [2.75, 3.05) is 0 Å². The average molecular weight is 339 g/mol. The minimum Gasteiger partial charge on any atom is -0.463 e. The molecule has 0 bridgehead atoms. The van der Waals surface area contributed by atoms with Crippen LogP contribution >= 0.6 is 11.7 Å². The highest BCUT2D eigenvalue weighted by Gasteiger charge is 2.12. The molecule has 0 saturated heterocycles. The third kappa shape index (κ3) is 2.67. The Bertz CT molecular complexity index is 1000. The quantitative estimate of drug-likeness (QED) is 0.618. The maximum absolute atomic E-state index is 12.3. The van der Waals surface area contributed by atoms with Gasteiger partial charge < -0.3 is 9.73 Å². The van der Waals surface area contributed by atoms with Gasteiger partial charge in [-0.1, -0.05) is 0 Å². The first-order valence-corrected chi connectivity index (χ1v) is 8.01. The van der Waals surface area contributed by atoms with Crippen LogP contribution in [0.1, 0.15) is 16.1 Å². The third-order valence-electron chi connectivity index (χ3n) is 3.65. The van der Waals surface area contributed by atoms with Crippen LogP contribution in [0.5, 0.6) is 0 Å². The van der Waals surface area contributed by atoms with Gasteiger partial charge in [-0.15, -0.1) is 0 Å². The number of carbonyl (C=O) groups excluding carboxylic acids is 1. The summed E-state index contributed by atoms with van der Waals surface area (Å²) in [5, 5.41) is 7.26. The fourth-order valence-corrected chi connectivity index (χ4v) is 2.98. The van der Waals surface area contributed by atoms with Crippen LogP contribution in [0, 0.1) is 0 Å². The van der Waals surface area contributed by atoms with Gasteiger partial charge in [0.05, 0.1) is 30.2 Å². The van der Waals surface area contributed by atoms with E-state index in [2.05, 4.69) is 19.2 Å². The Morgan fingerprint density at radius 2 is 2.12 bits per heavy atom. The van der Waals surface area contributed by atoms with Crippen molar-refractivity contribution in [3.8, 4) is 11.5 Å². The molecule has 4 rings (SSSR count). The molecule has 1 amide bonds. The molecule has 120 valence electrons. The van der Waals surface area contributed by atoms with E-state index in [1.807, 2.05) is 25.2 Å². The highest BCUT2D eigenvalue weighted by molar-refractivity contribution is 7.00. The number of rotatable bonds is 4. The fraction of sp³-hybridized carbons (Fsp3) is 0.125. The Hall–Kier alpha value is -3.00. The number of amides is 1. The lowest BCUT2D eigenvalue weighted by atomic mass is 10.2. The topological polar surface area (TPSA) is 85.8 Å².